The van der Waals surface area contributed by atoms with Crippen LogP contribution >= 0.6 is 0 Å². The molecule has 1 aliphatic heterocycles. The van der Waals surface area contributed by atoms with Crippen LogP contribution in [0.5, 0.6) is 0 Å². The zero-order valence-corrected chi connectivity index (χ0v) is 11.7. The average molecular weight is 271 g/mol. The van der Waals surface area contributed by atoms with E-state index in [4.69, 9.17) is 0 Å². The number of fused-ring (bicyclic) bond motifs is 1. The molecule has 106 valence electrons. The van der Waals surface area contributed by atoms with E-state index in [-0.39, 0.29) is 5.69 Å². The number of imidazole rings is 1. The van der Waals surface area contributed by atoms with Gasteiger partial charge in [0.25, 0.3) is 0 Å². The lowest BCUT2D eigenvalue weighted by Crippen LogP contribution is -2.37. The summed E-state index contributed by atoms with van der Waals surface area (Å²) in [5, 5.41) is 0. The van der Waals surface area contributed by atoms with Crippen molar-refractivity contribution in [1.29, 1.82) is 0 Å². The smallest absolute Gasteiger partial charge is 0.306 e. The molecule has 0 atom stereocenters. The Labute approximate surface area is 118 Å². The number of para-hydroxylation sites is 2. The number of hydrogen-bond donors (Lipinski definition) is 1. The van der Waals surface area contributed by atoms with E-state index in [1.165, 1.54) is 19.4 Å². The number of nitrogens with zero attached hydrogens (tertiary/aromatic N) is 2. The predicted molar refractivity (Wildman–Crippen MR) is 80.0 cm³/mol. The maximum Gasteiger partial charge on any atom is 0.326 e. The Morgan fingerprint density at radius 2 is 1.85 bits per heavy atom. The third-order valence-corrected chi connectivity index (χ3v) is 4.76. The van der Waals surface area contributed by atoms with Crippen molar-refractivity contribution in [2.75, 3.05) is 19.6 Å². The minimum absolute atomic E-state index is 0.0480. The lowest BCUT2D eigenvalue weighted by atomic mass is 10.0. The number of benzene rings is 1. The SMILES string of the molecule is O=c1[nH]c2ccccc2n1C1CCN(CC2CC2)CC1. The molecule has 2 fully saturated rings. The van der Waals surface area contributed by atoms with E-state index in [1.54, 1.807) is 0 Å². The molecule has 0 amide bonds. The quantitative estimate of drug-likeness (QED) is 0.931. The van der Waals surface area contributed by atoms with E-state index in [2.05, 4.69) is 9.88 Å². The first-order valence-corrected chi connectivity index (χ1v) is 7.73. The zero-order valence-electron chi connectivity index (χ0n) is 11.7. The number of H-pyrrole nitrogens is 1. The van der Waals surface area contributed by atoms with Crippen molar-refractivity contribution in [3.63, 3.8) is 0 Å². The Morgan fingerprint density at radius 3 is 2.60 bits per heavy atom. The second-order valence-electron chi connectivity index (χ2n) is 6.29. The first-order chi connectivity index (χ1) is 9.81. The predicted octanol–water partition coefficient (Wildman–Crippen LogP) is 2.38. The van der Waals surface area contributed by atoms with Crippen molar-refractivity contribution in [2.45, 2.75) is 31.7 Å². The van der Waals surface area contributed by atoms with Gasteiger partial charge in [0, 0.05) is 25.7 Å². The highest BCUT2D eigenvalue weighted by atomic mass is 16.1. The van der Waals surface area contributed by atoms with Crippen LogP contribution in [0.3, 0.4) is 0 Å². The van der Waals surface area contributed by atoms with Gasteiger partial charge < -0.3 is 9.88 Å². The molecule has 0 radical (unpaired) electrons. The largest absolute Gasteiger partial charge is 0.326 e. The van der Waals surface area contributed by atoms with Gasteiger partial charge in [0.2, 0.25) is 0 Å². The highest BCUT2D eigenvalue weighted by molar-refractivity contribution is 5.75. The van der Waals surface area contributed by atoms with E-state index < -0.39 is 0 Å². The first-order valence-electron chi connectivity index (χ1n) is 7.73. The number of hydrogen-bond acceptors (Lipinski definition) is 2. The van der Waals surface area contributed by atoms with Crippen LogP contribution in [0.2, 0.25) is 0 Å². The zero-order chi connectivity index (χ0) is 13.5. The minimum Gasteiger partial charge on any atom is -0.306 e. The van der Waals surface area contributed by atoms with Crippen LogP contribution < -0.4 is 5.69 Å². The number of aromatic amines is 1. The van der Waals surface area contributed by atoms with E-state index >= 15 is 0 Å². The van der Waals surface area contributed by atoms with E-state index in [0.717, 1.165) is 42.9 Å². The summed E-state index contributed by atoms with van der Waals surface area (Å²) in [5.41, 5.74) is 2.06. The monoisotopic (exact) mass is 271 g/mol. The van der Waals surface area contributed by atoms with Gasteiger partial charge in [-0.1, -0.05) is 12.1 Å². The molecule has 0 bridgehead atoms. The first kappa shape index (κ1) is 12.2. The lowest BCUT2D eigenvalue weighted by molar-refractivity contribution is 0.180. The summed E-state index contributed by atoms with van der Waals surface area (Å²) in [6.45, 7) is 3.54. The second kappa shape index (κ2) is 4.77. The van der Waals surface area contributed by atoms with Gasteiger partial charge in [-0.15, -0.1) is 0 Å². The van der Waals surface area contributed by atoms with E-state index in [9.17, 15) is 4.79 Å². The van der Waals surface area contributed by atoms with Gasteiger partial charge in [-0.2, -0.15) is 0 Å². The highest BCUT2D eigenvalue weighted by Crippen LogP contribution is 2.32. The molecule has 2 heterocycles. The third kappa shape index (κ3) is 2.18. The summed E-state index contributed by atoms with van der Waals surface area (Å²) in [4.78, 5) is 17.7. The van der Waals surface area contributed by atoms with Crippen LogP contribution in [0.15, 0.2) is 29.1 Å². The number of likely N-dealkylation sites (tertiary alicyclic amines) is 1. The summed E-state index contributed by atoms with van der Waals surface area (Å²) in [6, 6.07) is 8.36. The summed E-state index contributed by atoms with van der Waals surface area (Å²) in [5.74, 6) is 0.961. The van der Waals surface area contributed by atoms with Gasteiger partial charge >= 0.3 is 5.69 Å². The topological polar surface area (TPSA) is 41.0 Å². The molecule has 2 aromatic rings. The van der Waals surface area contributed by atoms with Crippen molar-refractivity contribution in [1.82, 2.24) is 14.5 Å². The fourth-order valence-electron chi connectivity index (χ4n) is 3.46. The van der Waals surface area contributed by atoms with Gasteiger partial charge in [0.1, 0.15) is 0 Å². The summed E-state index contributed by atoms with van der Waals surface area (Å²) in [7, 11) is 0. The Bertz CT molecular complexity index is 660. The van der Waals surface area contributed by atoms with Crippen LogP contribution in [0.1, 0.15) is 31.7 Å². The van der Waals surface area contributed by atoms with Crippen LogP contribution in [0, 0.1) is 5.92 Å². The fourth-order valence-corrected chi connectivity index (χ4v) is 3.46. The van der Waals surface area contributed by atoms with Crippen LogP contribution in [-0.2, 0) is 0 Å². The molecule has 1 aliphatic carbocycles. The van der Waals surface area contributed by atoms with Crippen molar-refractivity contribution < 1.29 is 0 Å². The lowest BCUT2D eigenvalue weighted by Gasteiger charge is -2.32. The molecule has 0 spiro atoms. The molecule has 4 heteroatoms. The van der Waals surface area contributed by atoms with Gasteiger partial charge in [0.15, 0.2) is 0 Å². The van der Waals surface area contributed by atoms with E-state index in [0.29, 0.717) is 6.04 Å². The van der Waals surface area contributed by atoms with Gasteiger partial charge in [-0.05, 0) is 43.7 Å². The van der Waals surface area contributed by atoms with Crippen LogP contribution in [-0.4, -0.2) is 34.1 Å². The molecule has 4 rings (SSSR count). The molecule has 1 saturated heterocycles. The maximum absolute atomic E-state index is 12.2. The standard InChI is InChI=1S/C16H21N3O/c20-16-17-14-3-1-2-4-15(14)19(16)13-7-9-18(10-8-13)11-12-5-6-12/h1-4,12-13H,5-11H2,(H,17,20). The van der Waals surface area contributed by atoms with Crippen molar-refractivity contribution >= 4 is 11.0 Å². The Kier molecular flexibility index (Phi) is 2.91. The van der Waals surface area contributed by atoms with Gasteiger partial charge in [0.05, 0.1) is 11.0 Å². The summed E-state index contributed by atoms with van der Waals surface area (Å²) >= 11 is 0. The van der Waals surface area contributed by atoms with Crippen molar-refractivity contribution in [3.05, 3.63) is 34.7 Å². The number of nitrogens with one attached hydrogen (secondary N) is 1. The summed E-state index contributed by atoms with van der Waals surface area (Å²) in [6.07, 6.45) is 5.02. The van der Waals surface area contributed by atoms with E-state index in [1.807, 2.05) is 28.8 Å². The third-order valence-electron chi connectivity index (χ3n) is 4.76. The molecule has 1 aromatic carbocycles. The maximum atomic E-state index is 12.2. The Balaban J connectivity index is 1.55. The highest BCUT2D eigenvalue weighted by Gasteiger charge is 2.28. The normalized spacial score (nSPS) is 21.6. The second-order valence-corrected chi connectivity index (χ2v) is 6.29. The van der Waals surface area contributed by atoms with Crippen LogP contribution in [0.4, 0.5) is 0 Å². The Morgan fingerprint density at radius 1 is 1.10 bits per heavy atom. The number of piperidine rings is 1. The van der Waals surface area contributed by atoms with Crippen LogP contribution in [0.25, 0.3) is 11.0 Å². The number of aromatic nitrogens is 2. The minimum atomic E-state index is 0.0480. The molecule has 4 nitrogen and oxygen atoms in total. The molecule has 2 aliphatic rings. The van der Waals surface area contributed by atoms with Crippen molar-refractivity contribution in [2.24, 2.45) is 5.92 Å². The average Bonchev–Trinajstić information content (AvgIpc) is 3.20. The van der Waals surface area contributed by atoms with Crippen molar-refractivity contribution in [3.8, 4) is 0 Å². The Hall–Kier alpha value is -1.55. The fraction of sp³-hybridized carbons (Fsp3) is 0.562. The molecule has 1 N–H and O–H groups in total. The van der Waals surface area contributed by atoms with Gasteiger partial charge in [-0.3, -0.25) is 4.57 Å². The molecule has 0 unspecified atom stereocenters. The number of rotatable bonds is 3. The molecular formula is C16H21N3O. The summed E-state index contributed by atoms with van der Waals surface area (Å²) < 4.78 is 1.98. The molecular weight excluding hydrogens is 250 g/mol. The molecule has 1 saturated carbocycles. The van der Waals surface area contributed by atoms with Gasteiger partial charge in [-0.25, -0.2) is 4.79 Å². The molecule has 1 aromatic heterocycles. The molecule has 20 heavy (non-hydrogen) atoms.